The van der Waals surface area contributed by atoms with Gasteiger partial charge in [0.15, 0.2) is 0 Å². The maximum absolute atomic E-state index is 6.08. The summed E-state index contributed by atoms with van der Waals surface area (Å²) >= 11 is 6.08. The van der Waals surface area contributed by atoms with Crippen LogP contribution >= 0.6 is 11.6 Å². The Hall–Kier alpha value is -2.53. The number of rotatable bonds is 4. The first-order valence-electron chi connectivity index (χ1n) is 7.02. The third kappa shape index (κ3) is 2.87. The zero-order chi connectivity index (χ0) is 16.4. The molecule has 1 aromatic heterocycles. The molecule has 0 aliphatic rings. The first kappa shape index (κ1) is 15.4. The zero-order valence-electron chi connectivity index (χ0n) is 13.1. The molecule has 6 heteroatoms. The Bertz CT molecular complexity index is 854. The van der Waals surface area contributed by atoms with Crippen LogP contribution in [0.5, 0.6) is 11.5 Å². The number of fused-ring (bicyclic) bond motifs is 1. The molecule has 1 heterocycles. The molecule has 0 aliphatic heterocycles. The molecule has 0 saturated heterocycles. The molecule has 23 heavy (non-hydrogen) atoms. The lowest BCUT2D eigenvalue weighted by atomic mass is 10.2. The summed E-state index contributed by atoms with van der Waals surface area (Å²) in [5.74, 6) is 2.15. The summed E-state index contributed by atoms with van der Waals surface area (Å²) in [7, 11) is 5.16. The molecular weight excluding hydrogens is 314 g/mol. The first-order valence-corrected chi connectivity index (χ1v) is 7.40. The molecule has 3 aromatic rings. The summed E-state index contributed by atoms with van der Waals surface area (Å²) in [6.07, 6.45) is 0. The van der Waals surface area contributed by atoms with E-state index in [4.69, 9.17) is 21.1 Å². The van der Waals surface area contributed by atoms with E-state index in [1.54, 1.807) is 14.2 Å². The number of halogens is 1. The molecule has 2 aromatic carbocycles. The molecule has 0 bridgehead atoms. The van der Waals surface area contributed by atoms with Gasteiger partial charge in [-0.05, 0) is 35.9 Å². The second kappa shape index (κ2) is 6.30. The maximum Gasteiger partial charge on any atom is 0.224 e. The highest BCUT2D eigenvalue weighted by atomic mass is 35.5. The number of hydrogen-bond acceptors (Lipinski definition) is 5. The van der Waals surface area contributed by atoms with Crippen LogP contribution in [0.15, 0.2) is 42.5 Å². The fourth-order valence-electron chi connectivity index (χ4n) is 2.46. The van der Waals surface area contributed by atoms with Gasteiger partial charge in [-0.2, -0.15) is 4.98 Å². The molecule has 0 radical (unpaired) electrons. The minimum Gasteiger partial charge on any atom is -0.497 e. The predicted octanol–water partition coefficient (Wildman–Crippen LogP) is 4.07. The van der Waals surface area contributed by atoms with E-state index in [-0.39, 0.29) is 5.28 Å². The number of para-hydroxylation sites is 1. The first-order chi connectivity index (χ1) is 11.1. The number of nitrogens with zero attached hydrogens (tertiary/aromatic N) is 3. The van der Waals surface area contributed by atoms with Gasteiger partial charge >= 0.3 is 0 Å². The highest BCUT2D eigenvalue weighted by Gasteiger charge is 2.16. The fourth-order valence-corrected chi connectivity index (χ4v) is 2.63. The minimum absolute atomic E-state index is 0.201. The number of anilines is 2. The van der Waals surface area contributed by atoms with Crippen molar-refractivity contribution in [3.63, 3.8) is 0 Å². The summed E-state index contributed by atoms with van der Waals surface area (Å²) in [5.41, 5.74) is 1.61. The van der Waals surface area contributed by atoms with Gasteiger partial charge in [0, 0.05) is 18.5 Å². The molecule has 0 atom stereocenters. The van der Waals surface area contributed by atoms with E-state index in [0.717, 1.165) is 22.3 Å². The molecular formula is C17H16ClN3O2. The highest BCUT2D eigenvalue weighted by Crippen LogP contribution is 2.37. The van der Waals surface area contributed by atoms with Crippen molar-refractivity contribution in [1.29, 1.82) is 0 Å². The van der Waals surface area contributed by atoms with Crippen molar-refractivity contribution in [3.05, 3.63) is 47.7 Å². The van der Waals surface area contributed by atoms with Gasteiger partial charge in [-0.3, -0.25) is 0 Å². The number of methoxy groups -OCH3 is 2. The molecule has 118 valence electrons. The molecule has 0 spiro atoms. The molecule has 0 N–H and O–H groups in total. The third-order valence-electron chi connectivity index (χ3n) is 3.62. The number of ether oxygens (including phenoxy) is 2. The Kier molecular flexibility index (Phi) is 4.21. The van der Waals surface area contributed by atoms with Crippen molar-refractivity contribution in [1.82, 2.24) is 9.97 Å². The van der Waals surface area contributed by atoms with Crippen LogP contribution in [0.4, 0.5) is 11.5 Å². The van der Waals surface area contributed by atoms with Crippen molar-refractivity contribution in [2.24, 2.45) is 0 Å². The Morgan fingerprint density at radius 2 is 1.78 bits per heavy atom. The van der Waals surface area contributed by atoms with Crippen molar-refractivity contribution in [3.8, 4) is 11.5 Å². The van der Waals surface area contributed by atoms with Gasteiger partial charge in [0.1, 0.15) is 17.3 Å². The largest absolute Gasteiger partial charge is 0.497 e. The summed E-state index contributed by atoms with van der Waals surface area (Å²) in [5, 5.41) is 1.11. The normalized spacial score (nSPS) is 10.6. The predicted molar refractivity (Wildman–Crippen MR) is 92.2 cm³/mol. The average Bonchev–Trinajstić information content (AvgIpc) is 2.59. The second-order valence-corrected chi connectivity index (χ2v) is 5.27. The standard InChI is InChI=1S/C17H16ClN3O2/c1-21(14-10-11(22-2)8-9-15(14)23-3)16-12-6-4-5-7-13(12)19-17(18)20-16/h4-10H,1-3H3. The minimum atomic E-state index is 0.201. The molecule has 0 saturated carbocycles. The van der Waals surface area contributed by atoms with E-state index in [1.165, 1.54) is 0 Å². The molecule has 0 fully saturated rings. The maximum atomic E-state index is 6.08. The molecule has 0 unspecified atom stereocenters. The van der Waals surface area contributed by atoms with Gasteiger partial charge < -0.3 is 14.4 Å². The lowest BCUT2D eigenvalue weighted by Crippen LogP contribution is -2.13. The van der Waals surface area contributed by atoms with Gasteiger partial charge in [0.2, 0.25) is 5.28 Å². The summed E-state index contributed by atoms with van der Waals surface area (Å²) in [6, 6.07) is 13.3. The number of hydrogen-bond donors (Lipinski definition) is 0. The van der Waals surface area contributed by atoms with Crippen LogP contribution in [0.25, 0.3) is 10.9 Å². The lowest BCUT2D eigenvalue weighted by molar-refractivity contribution is 0.404. The van der Waals surface area contributed by atoms with Crippen LogP contribution < -0.4 is 14.4 Å². The van der Waals surface area contributed by atoms with Crippen LogP contribution in [0.3, 0.4) is 0 Å². The Morgan fingerprint density at radius 3 is 2.52 bits per heavy atom. The van der Waals surface area contributed by atoms with Crippen molar-refractivity contribution in [2.75, 3.05) is 26.2 Å². The van der Waals surface area contributed by atoms with E-state index in [1.807, 2.05) is 54.4 Å². The Balaban J connectivity index is 2.19. The second-order valence-electron chi connectivity index (χ2n) is 4.93. The van der Waals surface area contributed by atoms with Crippen molar-refractivity contribution in [2.45, 2.75) is 0 Å². The van der Waals surface area contributed by atoms with Gasteiger partial charge in [-0.25, -0.2) is 4.98 Å². The number of benzene rings is 2. The van der Waals surface area contributed by atoms with Crippen LogP contribution in [0.2, 0.25) is 5.28 Å². The molecule has 3 rings (SSSR count). The van der Waals surface area contributed by atoms with E-state index in [0.29, 0.717) is 11.6 Å². The van der Waals surface area contributed by atoms with Crippen molar-refractivity contribution >= 4 is 34.0 Å². The third-order valence-corrected chi connectivity index (χ3v) is 3.79. The fraction of sp³-hybridized carbons (Fsp3) is 0.176. The SMILES string of the molecule is COc1ccc(OC)c(N(C)c2nc(Cl)nc3ccccc23)c1. The van der Waals surface area contributed by atoms with Gasteiger partial charge in [-0.15, -0.1) is 0 Å². The summed E-state index contributed by atoms with van der Waals surface area (Å²) < 4.78 is 10.8. The van der Waals surface area contributed by atoms with E-state index in [9.17, 15) is 0 Å². The van der Waals surface area contributed by atoms with Crippen LogP contribution in [0.1, 0.15) is 0 Å². The topological polar surface area (TPSA) is 47.5 Å². The van der Waals surface area contributed by atoms with Crippen LogP contribution in [0, 0.1) is 0 Å². The van der Waals surface area contributed by atoms with E-state index in [2.05, 4.69) is 9.97 Å². The summed E-state index contributed by atoms with van der Waals surface area (Å²) in [6.45, 7) is 0. The van der Waals surface area contributed by atoms with Gasteiger partial charge in [0.05, 0.1) is 25.4 Å². The van der Waals surface area contributed by atoms with Gasteiger partial charge in [0.25, 0.3) is 0 Å². The zero-order valence-corrected chi connectivity index (χ0v) is 13.8. The van der Waals surface area contributed by atoms with Crippen LogP contribution in [-0.2, 0) is 0 Å². The lowest BCUT2D eigenvalue weighted by Gasteiger charge is -2.22. The Morgan fingerprint density at radius 1 is 1.00 bits per heavy atom. The molecule has 5 nitrogen and oxygen atoms in total. The van der Waals surface area contributed by atoms with Crippen molar-refractivity contribution < 1.29 is 9.47 Å². The molecule has 0 amide bonds. The number of aromatic nitrogens is 2. The van der Waals surface area contributed by atoms with Crippen LogP contribution in [-0.4, -0.2) is 31.2 Å². The summed E-state index contributed by atoms with van der Waals surface area (Å²) in [4.78, 5) is 10.6. The van der Waals surface area contributed by atoms with E-state index < -0.39 is 0 Å². The average molecular weight is 330 g/mol. The highest BCUT2D eigenvalue weighted by molar-refractivity contribution is 6.28. The van der Waals surface area contributed by atoms with Gasteiger partial charge in [-0.1, -0.05) is 12.1 Å². The Labute approximate surface area is 139 Å². The molecule has 0 aliphatic carbocycles. The monoisotopic (exact) mass is 329 g/mol. The smallest absolute Gasteiger partial charge is 0.224 e. The quantitative estimate of drug-likeness (QED) is 0.675. The van der Waals surface area contributed by atoms with E-state index >= 15 is 0 Å².